The molecule has 0 aliphatic carbocycles. The van der Waals surface area contributed by atoms with E-state index in [9.17, 15) is 4.79 Å². The van der Waals surface area contributed by atoms with Crippen molar-refractivity contribution in [1.82, 2.24) is 25.0 Å². The van der Waals surface area contributed by atoms with Crippen molar-refractivity contribution < 1.29 is 4.79 Å². The van der Waals surface area contributed by atoms with Crippen LogP contribution in [-0.2, 0) is 7.05 Å². The van der Waals surface area contributed by atoms with Gasteiger partial charge in [0.1, 0.15) is 6.33 Å². The topological polar surface area (TPSA) is 112 Å². The Morgan fingerprint density at radius 2 is 2.08 bits per heavy atom. The molecule has 1 amide bonds. The van der Waals surface area contributed by atoms with Crippen LogP contribution in [0.2, 0.25) is 5.15 Å². The predicted octanol–water partition coefficient (Wildman–Crippen LogP) is 2.08. The second kappa shape index (κ2) is 6.25. The van der Waals surface area contributed by atoms with Crippen LogP contribution in [0.15, 0.2) is 30.6 Å². The number of rotatable bonds is 4. The number of nitrogens with zero attached hydrogens (tertiary/aromatic N) is 5. The Bertz CT molecular complexity index is 922. The van der Waals surface area contributed by atoms with Gasteiger partial charge in [0.25, 0.3) is 5.91 Å². The molecule has 122 valence electrons. The number of benzene rings is 1. The minimum absolute atomic E-state index is 0.0140. The molecule has 0 bridgehead atoms. The highest BCUT2D eigenvalue weighted by Crippen LogP contribution is 2.29. The zero-order valence-corrected chi connectivity index (χ0v) is 13.7. The standard InChI is InChI=1S/C15H14ClN7O/c1-8-9(15-18-7-23(2)22-15)4-3-5-10(8)19-11-6-12(16)20-21-13(11)14(17)24/h3-7H,1-2H3,(H2,17,24)(H,19,20). The number of hydrogen-bond donors (Lipinski definition) is 2. The quantitative estimate of drug-likeness (QED) is 0.750. The molecule has 0 aliphatic heterocycles. The van der Waals surface area contributed by atoms with Crippen molar-refractivity contribution >= 4 is 28.9 Å². The molecule has 0 radical (unpaired) electrons. The SMILES string of the molecule is Cc1c(Nc2cc(Cl)nnc2C(N)=O)cccc1-c1ncn(C)n1. The molecule has 2 heterocycles. The average molecular weight is 344 g/mol. The van der Waals surface area contributed by atoms with E-state index >= 15 is 0 Å². The highest BCUT2D eigenvalue weighted by atomic mass is 35.5. The summed E-state index contributed by atoms with van der Waals surface area (Å²) in [6.45, 7) is 1.92. The zero-order chi connectivity index (χ0) is 17.3. The summed E-state index contributed by atoms with van der Waals surface area (Å²) in [5.41, 5.74) is 8.27. The molecule has 1 aromatic carbocycles. The summed E-state index contributed by atoms with van der Waals surface area (Å²) in [5, 5.41) is 15.0. The number of amides is 1. The van der Waals surface area contributed by atoms with Crippen LogP contribution < -0.4 is 11.1 Å². The van der Waals surface area contributed by atoms with Crippen molar-refractivity contribution in [2.24, 2.45) is 12.8 Å². The van der Waals surface area contributed by atoms with E-state index in [1.54, 1.807) is 18.1 Å². The highest BCUT2D eigenvalue weighted by molar-refractivity contribution is 6.29. The lowest BCUT2D eigenvalue weighted by molar-refractivity contribution is 0.0995. The van der Waals surface area contributed by atoms with E-state index in [0.717, 1.165) is 16.8 Å². The summed E-state index contributed by atoms with van der Waals surface area (Å²) >= 11 is 5.87. The van der Waals surface area contributed by atoms with Gasteiger partial charge in [0.05, 0.1) is 5.69 Å². The number of hydrogen-bond acceptors (Lipinski definition) is 6. The number of anilines is 2. The largest absolute Gasteiger partial charge is 0.364 e. The Morgan fingerprint density at radius 3 is 2.75 bits per heavy atom. The maximum absolute atomic E-state index is 11.5. The lowest BCUT2D eigenvalue weighted by Gasteiger charge is -2.13. The molecule has 3 N–H and O–H groups in total. The first-order chi connectivity index (χ1) is 11.5. The number of nitrogens with one attached hydrogen (secondary N) is 1. The zero-order valence-electron chi connectivity index (χ0n) is 13.0. The monoisotopic (exact) mass is 343 g/mol. The lowest BCUT2D eigenvalue weighted by Crippen LogP contribution is -2.16. The number of primary amides is 1. The molecule has 0 atom stereocenters. The van der Waals surface area contributed by atoms with Crippen LogP contribution in [0.5, 0.6) is 0 Å². The fourth-order valence-electron chi connectivity index (χ4n) is 2.27. The summed E-state index contributed by atoms with van der Waals surface area (Å²) < 4.78 is 1.63. The Labute approximate surface area is 142 Å². The van der Waals surface area contributed by atoms with Gasteiger partial charge >= 0.3 is 0 Å². The number of aromatic nitrogens is 5. The van der Waals surface area contributed by atoms with Crippen molar-refractivity contribution in [3.05, 3.63) is 47.0 Å². The molecule has 24 heavy (non-hydrogen) atoms. The summed E-state index contributed by atoms with van der Waals surface area (Å²) in [4.78, 5) is 15.8. The second-order valence-corrected chi connectivity index (χ2v) is 5.53. The second-order valence-electron chi connectivity index (χ2n) is 5.14. The highest BCUT2D eigenvalue weighted by Gasteiger charge is 2.15. The molecular weight excluding hydrogens is 330 g/mol. The first-order valence-corrected chi connectivity index (χ1v) is 7.39. The Balaban J connectivity index is 2.03. The molecule has 0 unspecified atom stereocenters. The smallest absolute Gasteiger partial charge is 0.271 e. The number of nitrogens with two attached hydrogens (primary N) is 1. The molecule has 0 saturated heterocycles. The lowest BCUT2D eigenvalue weighted by atomic mass is 10.1. The Hall–Kier alpha value is -3.00. The molecule has 3 rings (SSSR count). The van der Waals surface area contributed by atoms with E-state index in [4.69, 9.17) is 17.3 Å². The molecule has 0 saturated carbocycles. The van der Waals surface area contributed by atoms with E-state index in [2.05, 4.69) is 25.6 Å². The van der Waals surface area contributed by atoms with Crippen molar-refractivity contribution in [2.75, 3.05) is 5.32 Å². The van der Waals surface area contributed by atoms with Crippen LogP contribution in [0.4, 0.5) is 11.4 Å². The summed E-state index contributed by atoms with van der Waals surface area (Å²) in [6.07, 6.45) is 1.63. The van der Waals surface area contributed by atoms with Gasteiger partial charge in [-0.15, -0.1) is 10.2 Å². The molecule has 3 aromatic rings. The maximum atomic E-state index is 11.5. The van der Waals surface area contributed by atoms with Crippen molar-refractivity contribution in [3.63, 3.8) is 0 Å². The van der Waals surface area contributed by atoms with Crippen molar-refractivity contribution in [3.8, 4) is 11.4 Å². The number of halogens is 1. The van der Waals surface area contributed by atoms with Gasteiger partial charge in [-0.1, -0.05) is 23.7 Å². The Kier molecular flexibility index (Phi) is 4.13. The number of aryl methyl sites for hydroxylation is 1. The predicted molar refractivity (Wildman–Crippen MR) is 90.0 cm³/mol. The fraction of sp³-hybridized carbons (Fsp3) is 0.133. The van der Waals surface area contributed by atoms with E-state index in [1.807, 2.05) is 25.1 Å². The molecule has 0 aliphatic rings. The van der Waals surface area contributed by atoms with Gasteiger partial charge in [0.15, 0.2) is 16.7 Å². The van der Waals surface area contributed by atoms with Gasteiger partial charge in [-0.2, -0.15) is 5.10 Å². The normalized spacial score (nSPS) is 10.6. The van der Waals surface area contributed by atoms with Crippen LogP contribution in [0.1, 0.15) is 16.1 Å². The van der Waals surface area contributed by atoms with Crippen molar-refractivity contribution in [2.45, 2.75) is 6.92 Å². The first-order valence-electron chi connectivity index (χ1n) is 7.01. The first kappa shape index (κ1) is 15.9. The van der Waals surface area contributed by atoms with Gasteiger partial charge in [-0.25, -0.2) is 4.98 Å². The molecule has 0 spiro atoms. The van der Waals surface area contributed by atoms with Gasteiger partial charge in [-0.3, -0.25) is 9.48 Å². The molecular formula is C15H14ClN7O. The maximum Gasteiger partial charge on any atom is 0.271 e. The number of carbonyl (C=O) groups excluding carboxylic acids is 1. The van der Waals surface area contributed by atoms with Gasteiger partial charge in [-0.05, 0) is 18.6 Å². The summed E-state index contributed by atoms with van der Waals surface area (Å²) in [6, 6.07) is 7.14. The van der Waals surface area contributed by atoms with E-state index in [-0.39, 0.29) is 10.8 Å². The third-order valence-electron chi connectivity index (χ3n) is 3.44. The third-order valence-corrected chi connectivity index (χ3v) is 3.63. The van der Waals surface area contributed by atoms with Crippen LogP contribution in [0, 0.1) is 6.92 Å². The van der Waals surface area contributed by atoms with Crippen LogP contribution in [-0.4, -0.2) is 30.9 Å². The van der Waals surface area contributed by atoms with Gasteiger partial charge in [0, 0.05) is 24.4 Å². The third kappa shape index (κ3) is 3.04. The molecule has 2 aromatic heterocycles. The van der Waals surface area contributed by atoms with Crippen LogP contribution in [0.25, 0.3) is 11.4 Å². The summed E-state index contributed by atoms with van der Waals surface area (Å²) in [5.74, 6) is -0.0819. The summed E-state index contributed by atoms with van der Waals surface area (Å²) in [7, 11) is 1.80. The number of carbonyl (C=O) groups is 1. The van der Waals surface area contributed by atoms with Crippen LogP contribution >= 0.6 is 11.6 Å². The minimum Gasteiger partial charge on any atom is -0.364 e. The Morgan fingerprint density at radius 1 is 1.29 bits per heavy atom. The van der Waals surface area contributed by atoms with Crippen LogP contribution in [0.3, 0.4) is 0 Å². The van der Waals surface area contributed by atoms with E-state index in [0.29, 0.717) is 11.5 Å². The van der Waals surface area contributed by atoms with Crippen molar-refractivity contribution in [1.29, 1.82) is 0 Å². The molecule has 9 heteroatoms. The fourth-order valence-corrected chi connectivity index (χ4v) is 2.41. The molecule has 0 fully saturated rings. The minimum atomic E-state index is -0.693. The van der Waals surface area contributed by atoms with Gasteiger partial charge < -0.3 is 11.1 Å². The van der Waals surface area contributed by atoms with E-state index in [1.165, 1.54) is 6.07 Å². The average Bonchev–Trinajstić information content (AvgIpc) is 2.95. The molecule has 8 nitrogen and oxygen atoms in total. The van der Waals surface area contributed by atoms with E-state index < -0.39 is 5.91 Å². The van der Waals surface area contributed by atoms with Gasteiger partial charge in [0.2, 0.25) is 0 Å².